The Morgan fingerprint density at radius 3 is 2.15 bits per heavy atom. The van der Waals surface area contributed by atoms with Crippen molar-refractivity contribution in [1.29, 1.82) is 0 Å². The fourth-order valence-corrected chi connectivity index (χ4v) is 0.720. The van der Waals surface area contributed by atoms with Crippen LogP contribution in [0.3, 0.4) is 0 Å². The van der Waals surface area contributed by atoms with Crippen LogP contribution >= 0.6 is 0 Å². The first-order valence-corrected chi connectivity index (χ1v) is 4.30. The van der Waals surface area contributed by atoms with E-state index in [1.807, 2.05) is 0 Å². The number of aliphatic hydroxyl groups is 2. The molecule has 13 heavy (non-hydrogen) atoms. The smallest absolute Gasteiger partial charge is 0.224 e. The third kappa shape index (κ3) is 4.21. The fourth-order valence-electron chi connectivity index (χ4n) is 0.720. The fraction of sp³-hybridized carbons (Fsp3) is 0.875. The third-order valence-electron chi connectivity index (χ3n) is 1.99. The maximum Gasteiger partial charge on any atom is 0.224 e. The molecule has 0 spiro atoms. The minimum absolute atomic E-state index is 0.238. The Bertz CT molecular complexity index is 157. The zero-order valence-corrected chi connectivity index (χ0v) is 8.03. The van der Waals surface area contributed by atoms with E-state index in [4.69, 9.17) is 15.9 Å². The van der Waals surface area contributed by atoms with E-state index in [1.165, 1.54) is 0 Å². The second-order valence-corrected chi connectivity index (χ2v) is 3.22. The molecule has 0 rings (SSSR count). The molecule has 0 aromatic rings. The molecule has 1 amide bonds. The van der Waals surface area contributed by atoms with E-state index in [0.717, 1.165) is 0 Å². The summed E-state index contributed by atoms with van der Waals surface area (Å²) in [6, 6.07) is -0.827. The van der Waals surface area contributed by atoms with Crippen LogP contribution in [0.25, 0.3) is 0 Å². The van der Waals surface area contributed by atoms with Gasteiger partial charge in [0.2, 0.25) is 5.91 Å². The van der Waals surface area contributed by atoms with E-state index in [9.17, 15) is 4.79 Å². The predicted molar refractivity (Wildman–Crippen MR) is 48.9 cm³/mol. The maximum atomic E-state index is 11.3. The van der Waals surface area contributed by atoms with Gasteiger partial charge in [-0.25, -0.2) is 0 Å². The van der Waals surface area contributed by atoms with Gasteiger partial charge < -0.3 is 21.3 Å². The number of nitrogens with two attached hydrogens (primary N) is 1. The van der Waals surface area contributed by atoms with Gasteiger partial charge in [-0.15, -0.1) is 0 Å². The van der Waals surface area contributed by atoms with Crippen LogP contribution < -0.4 is 11.1 Å². The molecule has 78 valence electrons. The van der Waals surface area contributed by atoms with Gasteiger partial charge in [0, 0.05) is 12.0 Å². The molecule has 0 aromatic carbocycles. The van der Waals surface area contributed by atoms with Gasteiger partial charge in [-0.2, -0.15) is 0 Å². The lowest BCUT2D eigenvalue weighted by Gasteiger charge is -2.19. The van der Waals surface area contributed by atoms with Gasteiger partial charge in [0.1, 0.15) is 0 Å². The molecule has 0 saturated carbocycles. The van der Waals surface area contributed by atoms with Crippen LogP contribution in [-0.2, 0) is 4.79 Å². The summed E-state index contributed by atoms with van der Waals surface area (Å²) in [5, 5.41) is 19.9. The third-order valence-corrected chi connectivity index (χ3v) is 1.99. The minimum Gasteiger partial charge on any atom is -0.394 e. The molecule has 0 fully saturated rings. The molecule has 2 atom stereocenters. The summed E-state index contributed by atoms with van der Waals surface area (Å²) < 4.78 is 0. The zero-order chi connectivity index (χ0) is 10.4. The monoisotopic (exact) mass is 190 g/mol. The number of rotatable bonds is 5. The summed E-state index contributed by atoms with van der Waals surface area (Å²) in [6.07, 6.45) is 0. The summed E-state index contributed by atoms with van der Waals surface area (Å²) in [5.74, 6) is -0.566. The van der Waals surface area contributed by atoms with Gasteiger partial charge in [0.05, 0.1) is 19.3 Å². The molecule has 0 heterocycles. The molecule has 5 heteroatoms. The molecule has 0 bridgehead atoms. The van der Waals surface area contributed by atoms with Crippen LogP contribution in [-0.4, -0.2) is 41.4 Å². The average Bonchev–Trinajstić information content (AvgIpc) is 2.12. The van der Waals surface area contributed by atoms with Crippen molar-refractivity contribution in [2.45, 2.75) is 25.9 Å². The van der Waals surface area contributed by atoms with Crippen LogP contribution in [0, 0.1) is 5.92 Å². The van der Waals surface area contributed by atoms with Gasteiger partial charge >= 0.3 is 0 Å². The molecule has 2 unspecified atom stereocenters. The summed E-state index contributed by atoms with van der Waals surface area (Å²) in [6.45, 7) is 2.89. The normalized spacial score (nSPS) is 15.5. The zero-order valence-electron chi connectivity index (χ0n) is 8.03. The lowest BCUT2D eigenvalue weighted by molar-refractivity contribution is -0.126. The molecule has 0 aliphatic rings. The van der Waals surface area contributed by atoms with E-state index in [1.54, 1.807) is 13.8 Å². The first-order chi connectivity index (χ1) is 6.02. The molecular weight excluding hydrogens is 172 g/mol. The second-order valence-electron chi connectivity index (χ2n) is 3.22. The van der Waals surface area contributed by atoms with Crippen molar-refractivity contribution in [2.24, 2.45) is 11.7 Å². The molecule has 0 aliphatic carbocycles. The number of carbonyl (C=O) groups excluding carboxylic acids is 1. The van der Waals surface area contributed by atoms with Crippen LogP contribution in [0.5, 0.6) is 0 Å². The number of carbonyl (C=O) groups is 1. The van der Waals surface area contributed by atoms with Gasteiger partial charge in [-0.3, -0.25) is 4.79 Å². The van der Waals surface area contributed by atoms with Crippen LogP contribution in [0.2, 0.25) is 0 Å². The standard InChI is InChI=1S/C8H18N2O3/c1-5(6(2)9)8(13)10-7(3-11)4-12/h5-7,11-12H,3-4,9H2,1-2H3,(H,10,13). The molecule has 0 radical (unpaired) electrons. The van der Waals surface area contributed by atoms with Crippen molar-refractivity contribution in [3.63, 3.8) is 0 Å². The van der Waals surface area contributed by atoms with E-state index in [-0.39, 0.29) is 31.1 Å². The van der Waals surface area contributed by atoms with E-state index in [0.29, 0.717) is 0 Å². The Kier molecular flexibility index (Phi) is 5.61. The number of hydrogen-bond acceptors (Lipinski definition) is 4. The topological polar surface area (TPSA) is 95.6 Å². The van der Waals surface area contributed by atoms with Crippen molar-refractivity contribution in [2.75, 3.05) is 13.2 Å². The largest absolute Gasteiger partial charge is 0.394 e. The Balaban J connectivity index is 3.98. The van der Waals surface area contributed by atoms with Gasteiger partial charge in [-0.1, -0.05) is 6.92 Å². The minimum atomic E-state index is -0.589. The van der Waals surface area contributed by atoms with Crippen molar-refractivity contribution in [3.8, 4) is 0 Å². The SMILES string of the molecule is CC(N)C(C)C(=O)NC(CO)CO. The highest BCUT2D eigenvalue weighted by atomic mass is 16.3. The van der Waals surface area contributed by atoms with E-state index in [2.05, 4.69) is 5.32 Å². The van der Waals surface area contributed by atoms with Crippen molar-refractivity contribution >= 4 is 5.91 Å². The Labute approximate surface area is 77.9 Å². The Morgan fingerprint density at radius 2 is 1.85 bits per heavy atom. The van der Waals surface area contributed by atoms with E-state index >= 15 is 0 Å². The highest BCUT2D eigenvalue weighted by Crippen LogP contribution is 1.99. The Morgan fingerprint density at radius 1 is 1.38 bits per heavy atom. The summed E-state index contributed by atoms with van der Waals surface area (Å²) in [5.41, 5.74) is 5.51. The van der Waals surface area contributed by atoms with Crippen molar-refractivity contribution in [3.05, 3.63) is 0 Å². The van der Waals surface area contributed by atoms with Gasteiger partial charge in [0.15, 0.2) is 0 Å². The van der Waals surface area contributed by atoms with Crippen molar-refractivity contribution in [1.82, 2.24) is 5.32 Å². The first-order valence-electron chi connectivity index (χ1n) is 4.30. The predicted octanol–water partition coefficient (Wildman–Crippen LogP) is -1.56. The number of hydrogen-bond donors (Lipinski definition) is 4. The van der Waals surface area contributed by atoms with Gasteiger partial charge in [0.25, 0.3) is 0 Å². The molecular formula is C8H18N2O3. The number of aliphatic hydroxyl groups excluding tert-OH is 2. The van der Waals surface area contributed by atoms with Crippen LogP contribution in [0.4, 0.5) is 0 Å². The molecule has 0 aromatic heterocycles. The Hall–Kier alpha value is -0.650. The summed E-state index contributed by atoms with van der Waals surface area (Å²) in [4.78, 5) is 11.3. The second kappa shape index (κ2) is 5.90. The maximum absolute atomic E-state index is 11.3. The van der Waals surface area contributed by atoms with Crippen LogP contribution in [0.1, 0.15) is 13.8 Å². The van der Waals surface area contributed by atoms with Gasteiger partial charge in [-0.05, 0) is 6.92 Å². The quantitative estimate of drug-likeness (QED) is 0.421. The molecule has 5 N–H and O–H groups in total. The molecule has 0 aliphatic heterocycles. The lowest BCUT2D eigenvalue weighted by atomic mass is 10.0. The average molecular weight is 190 g/mol. The summed E-state index contributed by atoms with van der Waals surface area (Å²) in [7, 11) is 0. The first kappa shape index (κ1) is 12.3. The molecule has 5 nitrogen and oxygen atoms in total. The van der Waals surface area contributed by atoms with E-state index < -0.39 is 6.04 Å². The molecule has 0 saturated heterocycles. The highest BCUT2D eigenvalue weighted by molar-refractivity contribution is 5.79. The number of nitrogens with one attached hydrogen (secondary N) is 1. The number of amides is 1. The highest BCUT2D eigenvalue weighted by Gasteiger charge is 2.19. The van der Waals surface area contributed by atoms with Crippen molar-refractivity contribution < 1.29 is 15.0 Å². The summed E-state index contributed by atoms with van der Waals surface area (Å²) >= 11 is 0. The lowest BCUT2D eigenvalue weighted by Crippen LogP contribution is -2.46. The van der Waals surface area contributed by atoms with Crippen LogP contribution in [0.15, 0.2) is 0 Å².